The molecule has 2 rings (SSSR count). The van der Waals surface area contributed by atoms with Gasteiger partial charge in [-0.3, -0.25) is 14.4 Å². The van der Waals surface area contributed by atoms with Crippen molar-refractivity contribution in [1.82, 2.24) is 0 Å². The smallest absolute Gasteiger partial charge is 0.323 e. The lowest BCUT2D eigenvalue weighted by Crippen LogP contribution is -2.36. The molecule has 0 aromatic heterocycles. The van der Waals surface area contributed by atoms with Gasteiger partial charge < -0.3 is 10.5 Å². The zero-order valence-electron chi connectivity index (χ0n) is 13.2. The van der Waals surface area contributed by atoms with E-state index in [1.165, 1.54) is 16.7 Å². The number of imide groups is 1. The van der Waals surface area contributed by atoms with Gasteiger partial charge in [-0.15, -0.1) is 11.8 Å². The van der Waals surface area contributed by atoms with E-state index in [0.29, 0.717) is 5.69 Å². The monoisotopic (exact) mass is 336 g/mol. The highest BCUT2D eigenvalue weighted by atomic mass is 32.2. The molecule has 0 bridgehead atoms. The van der Waals surface area contributed by atoms with E-state index in [9.17, 15) is 14.4 Å². The van der Waals surface area contributed by atoms with Crippen molar-refractivity contribution in [3.8, 4) is 0 Å². The standard InChI is InChI=1S/C16H20N2O4S/c1-3-22-16(21)12(17)9-23-13-8-14(19)18(15(13)20)11-6-4-5-10(2)7-11/h4-7,12-13H,3,8-9,17H2,1-2H3. The van der Waals surface area contributed by atoms with E-state index < -0.39 is 17.3 Å². The highest BCUT2D eigenvalue weighted by Crippen LogP contribution is 2.30. The van der Waals surface area contributed by atoms with E-state index >= 15 is 0 Å². The summed E-state index contributed by atoms with van der Waals surface area (Å²) in [4.78, 5) is 37.3. The molecule has 1 aliphatic heterocycles. The summed E-state index contributed by atoms with van der Waals surface area (Å²) in [5, 5.41) is -0.511. The minimum Gasteiger partial charge on any atom is -0.465 e. The predicted molar refractivity (Wildman–Crippen MR) is 89.1 cm³/mol. The topological polar surface area (TPSA) is 89.7 Å². The Bertz CT molecular complexity index is 620. The van der Waals surface area contributed by atoms with Crippen LogP contribution in [0.4, 0.5) is 5.69 Å². The molecule has 1 aromatic rings. The number of amides is 2. The first-order valence-corrected chi connectivity index (χ1v) is 8.46. The molecule has 0 aliphatic carbocycles. The van der Waals surface area contributed by atoms with Crippen LogP contribution in [-0.4, -0.2) is 41.4 Å². The summed E-state index contributed by atoms with van der Waals surface area (Å²) in [7, 11) is 0. The molecule has 124 valence electrons. The van der Waals surface area contributed by atoms with Crippen LogP contribution in [0.15, 0.2) is 24.3 Å². The molecule has 2 atom stereocenters. The minimum atomic E-state index is -0.795. The summed E-state index contributed by atoms with van der Waals surface area (Å²) in [6.45, 7) is 3.87. The maximum atomic E-state index is 12.5. The van der Waals surface area contributed by atoms with E-state index in [0.717, 1.165) is 5.56 Å². The minimum absolute atomic E-state index is 0.118. The molecule has 0 radical (unpaired) electrons. The van der Waals surface area contributed by atoms with Crippen molar-refractivity contribution in [1.29, 1.82) is 0 Å². The van der Waals surface area contributed by atoms with Gasteiger partial charge in [-0.2, -0.15) is 0 Å². The van der Waals surface area contributed by atoms with Crippen molar-refractivity contribution in [3.63, 3.8) is 0 Å². The molecule has 1 fully saturated rings. The second-order valence-electron chi connectivity index (χ2n) is 5.29. The zero-order valence-corrected chi connectivity index (χ0v) is 14.0. The van der Waals surface area contributed by atoms with Gasteiger partial charge in [-0.25, -0.2) is 4.90 Å². The predicted octanol–water partition coefficient (Wildman–Crippen LogP) is 1.25. The SMILES string of the molecule is CCOC(=O)C(N)CSC1CC(=O)N(c2cccc(C)c2)C1=O. The number of rotatable bonds is 6. The number of thioether (sulfide) groups is 1. The summed E-state index contributed by atoms with van der Waals surface area (Å²) in [6, 6.07) is 6.45. The first-order chi connectivity index (χ1) is 10.9. The number of anilines is 1. The maximum Gasteiger partial charge on any atom is 0.323 e. The molecule has 2 N–H and O–H groups in total. The van der Waals surface area contributed by atoms with Crippen LogP contribution in [0.2, 0.25) is 0 Å². The number of aryl methyl sites for hydroxylation is 1. The summed E-state index contributed by atoms with van der Waals surface area (Å²) < 4.78 is 4.83. The molecule has 7 heteroatoms. The highest BCUT2D eigenvalue weighted by molar-refractivity contribution is 8.00. The van der Waals surface area contributed by atoms with Crippen LogP contribution in [0, 0.1) is 6.92 Å². The first-order valence-electron chi connectivity index (χ1n) is 7.41. The summed E-state index contributed by atoms with van der Waals surface area (Å²) in [5.41, 5.74) is 7.28. The number of benzene rings is 1. The molecule has 1 saturated heterocycles. The van der Waals surface area contributed by atoms with Crippen molar-refractivity contribution < 1.29 is 19.1 Å². The van der Waals surface area contributed by atoms with E-state index in [1.807, 2.05) is 19.1 Å². The van der Waals surface area contributed by atoms with Crippen molar-refractivity contribution in [2.24, 2.45) is 5.73 Å². The maximum absolute atomic E-state index is 12.5. The third-order valence-corrected chi connectivity index (χ3v) is 4.75. The van der Waals surface area contributed by atoms with Gasteiger partial charge in [-0.05, 0) is 31.5 Å². The van der Waals surface area contributed by atoms with Gasteiger partial charge in [0.25, 0.3) is 0 Å². The van der Waals surface area contributed by atoms with Crippen molar-refractivity contribution in [2.75, 3.05) is 17.3 Å². The zero-order chi connectivity index (χ0) is 17.0. The third-order valence-electron chi connectivity index (χ3n) is 3.43. The molecule has 6 nitrogen and oxygen atoms in total. The summed E-state index contributed by atoms with van der Waals surface area (Å²) >= 11 is 1.22. The average Bonchev–Trinajstić information content (AvgIpc) is 2.79. The van der Waals surface area contributed by atoms with Crippen molar-refractivity contribution in [2.45, 2.75) is 31.6 Å². The van der Waals surface area contributed by atoms with Gasteiger partial charge in [0.1, 0.15) is 6.04 Å². The number of nitrogens with two attached hydrogens (primary N) is 1. The Morgan fingerprint density at radius 1 is 1.48 bits per heavy atom. The van der Waals surface area contributed by atoms with Crippen LogP contribution >= 0.6 is 11.8 Å². The van der Waals surface area contributed by atoms with Crippen LogP contribution in [0.25, 0.3) is 0 Å². The van der Waals surface area contributed by atoms with Gasteiger partial charge in [0, 0.05) is 12.2 Å². The molecule has 2 amide bonds. The largest absolute Gasteiger partial charge is 0.465 e. The molecule has 2 unspecified atom stereocenters. The lowest BCUT2D eigenvalue weighted by Gasteiger charge is -2.16. The van der Waals surface area contributed by atoms with Crippen LogP contribution in [0.1, 0.15) is 18.9 Å². The molecular weight excluding hydrogens is 316 g/mol. The van der Waals surface area contributed by atoms with Crippen molar-refractivity contribution in [3.05, 3.63) is 29.8 Å². The highest BCUT2D eigenvalue weighted by Gasteiger charge is 2.40. The fraction of sp³-hybridized carbons (Fsp3) is 0.438. The van der Waals surface area contributed by atoms with E-state index in [-0.39, 0.29) is 30.6 Å². The number of ether oxygens (including phenoxy) is 1. The number of carbonyl (C=O) groups excluding carboxylic acids is 3. The van der Waals surface area contributed by atoms with Gasteiger partial charge in [0.05, 0.1) is 17.5 Å². The Kier molecular flexibility index (Phi) is 5.79. The number of esters is 1. The molecule has 1 aliphatic rings. The Morgan fingerprint density at radius 2 is 2.22 bits per heavy atom. The summed E-state index contributed by atoms with van der Waals surface area (Å²) in [6.07, 6.45) is 0.118. The molecule has 0 spiro atoms. The Balaban J connectivity index is 2.00. The second-order valence-corrected chi connectivity index (χ2v) is 6.53. The van der Waals surface area contributed by atoms with Crippen LogP contribution in [-0.2, 0) is 19.1 Å². The third kappa shape index (κ3) is 4.11. The van der Waals surface area contributed by atoms with E-state index in [4.69, 9.17) is 10.5 Å². The number of carbonyl (C=O) groups is 3. The van der Waals surface area contributed by atoms with Gasteiger partial charge >= 0.3 is 5.97 Å². The summed E-state index contributed by atoms with van der Waals surface area (Å²) in [5.74, 6) is -0.749. The number of hydrogen-bond donors (Lipinski definition) is 1. The molecule has 23 heavy (non-hydrogen) atoms. The van der Waals surface area contributed by atoms with Crippen LogP contribution in [0.5, 0.6) is 0 Å². The van der Waals surface area contributed by atoms with Crippen LogP contribution < -0.4 is 10.6 Å². The lowest BCUT2D eigenvalue weighted by atomic mass is 10.2. The molecular formula is C16H20N2O4S. The Morgan fingerprint density at radius 3 is 2.87 bits per heavy atom. The van der Waals surface area contributed by atoms with E-state index in [1.54, 1.807) is 19.1 Å². The fourth-order valence-electron chi connectivity index (χ4n) is 2.31. The average molecular weight is 336 g/mol. The second kappa shape index (κ2) is 7.61. The first kappa shape index (κ1) is 17.5. The molecule has 0 saturated carbocycles. The number of nitrogens with zero attached hydrogens (tertiary/aromatic N) is 1. The Hall–Kier alpha value is -1.86. The quantitative estimate of drug-likeness (QED) is 0.621. The lowest BCUT2D eigenvalue weighted by molar-refractivity contribution is -0.144. The van der Waals surface area contributed by atoms with Gasteiger partial charge in [0.2, 0.25) is 11.8 Å². The van der Waals surface area contributed by atoms with Gasteiger partial charge in [0.15, 0.2) is 0 Å². The van der Waals surface area contributed by atoms with Crippen molar-refractivity contribution >= 4 is 35.2 Å². The molecule has 1 aromatic carbocycles. The Labute approximate surface area is 139 Å². The van der Waals surface area contributed by atoms with Crippen LogP contribution in [0.3, 0.4) is 0 Å². The number of hydrogen-bond acceptors (Lipinski definition) is 6. The fourth-order valence-corrected chi connectivity index (χ4v) is 3.39. The molecule has 1 heterocycles. The normalized spacial score (nSPS) is 19.1. The van der Waals surface area contributed by atoms with Gasteiger partial charge in [-0.1, -0.05) is 12.1 Å². The van der Waals surface area contributed by atoms with E-state index in [2.05, 4.69) is 0 Å².